The van der Waals surface area contributed by atoms with Crippen LogP contribution >= 0.6 is 0 Å². The Labute approximate surface area is 230 Å². The van der Waals surface area contributed by atoms with E-state index in [0.29, 0.717) is 26.2 Å². The average Bonchev–Trinajstić information content (AvgIpc) is 3.26. The van der Waals surface area contributed by atoms with Gasteiger partial charge in [0.25, 0.3) is 6.47 Å². The van der Waals surface area contributed by atoms with Gasteiger partial charge in [-0.25, -0.2) is 0 Å². The number of para-hydroxylation sites is 2. The van der Waals surface area contributed by atoms with E-state index in [4.69, 9.17) is 4.74 Å². The molecule has 6 nitrogen and oxygen atoms in total. The summed E-state index contributed by atoms with van der Waals surface area (Å²) in [7, 11) is 0. The van der Waals surface area contributed by atoms with E-state index in [1.165, 1.54) is 11.1 Å². The van der Waals surface area contributed by atoms with E-state index in [1.54, 1.807) is 0 Å². The van der Waals surface area contributed by atoms with Crippen molar-refractivity contribution in [1.29, 1.82) is 0 Å². The predicted molar refractivity (Wildman–Crippen MR) is 156 cm³/mol. The maximum absolute atomic E-state index is 11.3. The fourth-order valence-electron chi connectivity index (χ4n) is 5.65. The number of nitrogens with zero attached hydrogens (tertiary/aromatic N) is 2. The van der Waals surface area contributed by atoms with Crippen LogP contribution in [0.2, 0.25) is 0 Å². The summed E-state index contributed by atoms with van der Waals surface area (Å²) in [4.78, 5) is 24.1. The summed E-state index contributed by atoms with van der Waals surface area (Å²) in [5.41, 5.74) is 6.49. The number of fused-ring (bicyclic) bond motifs is 2. The highest BCUT2D eigenvalue weighted by atomic mass is 16.5. The first-order chi connectivity index (χ1) is 18.7. The van der Waals surface area contributed by atoms with Gasteiger partial charge >= 0.3 is 5.97 Å². The van der Waals surface area contributed by atoms with Crippen LogP contribution in [0.1, 0.15) is 45.2 Å². The minimum atomic E-state index is -0.803. The van der Waals surface area contributed by atoms with E-state index in [-0.39, 0.29) is 17.3 Å². The summed E-state index contributed by atoms with van der Waals surface area (Å²) in [6.07, 6.45) is 14.3. The Morgan fingerprint density at radius 1 is 0.923 bits per heavy atom. The van der Waals surface area contributed by atoms with E-state index in [2.05, 4.69) is 79.7 Å². The molecule has 6 heteroatoms. The monoisotopic (exact) mass is 525 g/mol. The lowest BCUT2D eigenvalue weighted by Gasteiger charge is -2.26. The van der Waals surface area contributed by atoms with Gasteiger partial charge < -0.3 is 14.7 Å². The van der Waals surface area contributed by atoms with Crippen molar-refractivity contribution < 1.29 is 24.0 Å². The molecule has 0 bridgehead atoms. The second-order valence-electron chi connectivity index (χ2n) is 10.8. The smallest absolute Gasteiger partial charge is 0.305 e. The van der Waals surface area contributed by atoms with Crippen LogP contribution in [0.4, 0.5) is 11.4 Å². The Kier molecular flexibility index (Phi) is 8.34. The number of anilines is 1. The third kappa shape index (κ3) is 5.65. The van der Waals surface area contributed by atoms with E-state index in [0.717, 1.165) is 22.8 Å². The molecule has 202 valence electrons. The van der Waals surface area contributed by atoms with Crippen molar-refractivity contribution in [1.82, 2.24) is 0 Å². The molecule has 0 radical (unpaired) electrons. The van der Waals surface area contributed by atoms with Crippen LogP contribution in [0.15, 0.2) is 96.8 Å². The topological polar surface area (TPSA) is 69.8 Å². The van der Waals surface area contributed by atoms with E-state index in [1.807, 2.05) is 48.6 Å². The van der Waals surface area contributed by atoms with E-state index >= 15 is 0 Å². The van der Waals surface area contributed by atoms with Gasteiger partial charge in [0.2, 0.25) is 5.69 Å². The standard InChI is InChI=1S/C33H36N2O4/c1-32(2)25-14-10-12-16-27(25)34(21-20-31(37)38)29(32)18-8-6-5-7-9-19-30-33(3,4)26-15-11-13-17-28(26)35(30)22-23-39-24-36/h5-19,24H,20-23H2,1-4H3/p+1. The molecule has 2 aromatic rings. The lowest BCUT2D eigenvalue weighted by atomic mass is 9.81. The zero-order chi connectivity index (χ0) is 28.0. The minimum Gasteiger partial charge on any atom is -0.481 e. The van der Waals surface area contributed by atoms with Crippen molar-refractivity contribution in [2.75, 3.05) is 24.6 Å². The zero-order valence-electron chi connectivity index (χ0n) is 23.1. The van der Waals surface area contributed by atoms with Crippen LogP contribution in [-0.4, -0.2) is 47.5 Å². The van der Waals surface area contributed by atoms with Gasteiger partial charge in [-0.3, -0.25) is 9.59 Å². The molecule has 2 heterocycles. The Morgan fingerprint density at radius 3 is 2.33 bits per heavy atom. The number of allylic oxidation sites excluding steroid dienone is 8. The summed E-state index contributed by atoms with van der Waals surface area (Å²) in [6, 6.07) is 16.5. The molecule has 0 saturated carbocycles. The van der Waals surface area contributed by atoms with Crippen LogP contribution in [-0.2, 0) is 25.2 Å². The molecule has 0 saturated heterocycles. The molecule has 0 aliphatic carbocycles. The maximum Gasteiger partial charge on any atom is 0.305 e. The lowest BCUT2D eigenvalue weighted by Crippen LogP contribution is -2.28. The number of carboxylic acids is 1. The molecule has 2 aliphatic heterocycles. The molecule has 2 aromatic carbocycles. The number of benzene rings is 2. The summed E-state index contributed by atoms with van der Waals surface area (Å²) >= 11 is 0. The number of ether oxygens (including phenoxy) is 1. The molecule has 0 fully saturated rings. The molecular formula is C33H37N2O4+. The van der Waals surface area contributed by atoms with Crippen molar-refractivity contribution in [3.63, 3.8) is 0 Å². The molecule has 0 unspecified atom stereocenters. The van der Waals surface area contributed by atoms with Gasteiger partial charge in [-0.15, -0.1) is 0 Å². The molecule has 4 rings (SSSR count). The number of hydrogen-bond acceptors (Lipinski definition) is 4. The molecule has 0 amide bonds. The highest BCUT2D eigenvalue weighted by molar-refractivity contribution is 6.03. The van der Waals surface area contributed by atoms with Crippen molar-refractivity contribution in [3.8, 4) is 0 Å². The van der Waals surface area contributed by atoms with Crippen molar-refractivity contribution in [2.45, 2.75) is 44.9 Å². The normalized spacial score (nSPS) is 18.5. The molecule has 0 aromatic heterocycles. The SMILES string of the molecule is CC1(C)C(/C=C/C=C/C=C/C=C2/N(CCC(=O)O)c3ccccc3C2(C)C)=[N+](CCOC=O)c2ccccc21. The van der Waals surface area contributed by atoms with Gasteiger partial charge in [-0.05, 0) is 31.6 Å². The van der Waals surface area contributed by atoms with Gasteiger partial charge in [0.1, 0.15) is 6.61 Å². The first-order valence-corrected chi connectivity index (χ1v) is 13.3. The summed E-state index contributed by atoms with van der Waals surface area (Å²) in [5, 5.41) is 9.27. The Morgan fingerprint density at radius 2 is 1.59 bits per heavy atom. The third-order valence-corrected chi connectivity index (χ3v) is 7.60. The van der Waals surface area contributed by atoms with Gasteiger partial charge in [0.15, 0.2) is 12.3 Å². The molecule has 0 spiro atoms. The van der Waals surface area contributed by atoms with Gasteiger partial charge in [0.05, 0.1) is 11.8 Å². The number of carboxylic acid groups (broad SMARTS) is 1. The summed E-state index contributed by atoms with van der Waals surface area (Å²) < 4.78 is 7.21. The number of rotatable bonds is 11. The summed E-state index contributed by atoms with van der Waals surface area (Å²) in [5.74, 6) is -0.803. The van der Waals surface area contributed by atoms with Crippen molar-refractivity contribution in [2.24, 2.45) is 0 Å². The zero-order valence-corrected chi connectivity index (χ0v) is 23.1. The molecular weight excluding hydrogens is 488 g/mol. The first-order valence-electron chi connectivity index (χ1n) is 13.3. The van der Waals surface area contributed by atoms with Crippen LogP contribution < -0.4 is 4.90 Å². The quantitative estimate of drug-likeness (QED) is 0.167. The highest BCUT2D eigenvalue weighted by Crippen LogP contribution is 2.47. The van der Waals surface area contributed by atoms with Crippen molar-refractivity contribution >= 4 is 29.5 Å². The highest BCUT2D eigenvalue weighted by Gasteiger charge is 2.44. The summed E-state index contributed by atoms with van der Waals surface area (Å²) in [6.45, 7) is 10.6. The van der Waals surface area contributed by atoms with Crippen LogP contribution in [0.25, 0.3) is 0 Å². The van der Waals surface area contributed by atoms with Gasteiger partial charge in [0, 0.05) is 41.1 Å². The number of hydrogen-bond donors (Lipinski definition) is 1. The minimum absolute atomic E-state index is 0.0769. The molecule has 0 atom stereocenters. The Balaban J connectivity index is 1.52. The Hall–Kier alpha value is -4.19. The van der Waals surface area contributed by atoms with Gasteiger partial charge in [-0.2, -0.15) is 4.58 Å². The van der Waals surface area contributed by atoms with Crippen molar-refractivity contribution in [3.05, 3.63) is 108 Å². The fourth-order valence-corrected chi connectivity index (χ4v) is 5.65. The lowest BCUT2D eigenvalue weighted by molar-refractivity contribution is -0.440. The average molecular weight is 526 g/mol. The second kappa shape index (κ2) is 11.7. The Bertz CT molecular complexity index is 1390. The van der Waals surface area contributed by atoms with Gasteiger partial charge in [-0.1, -0.05) is 80.6 Å². The molecule has 39 heavy (non-hydrogen) atoms. The predicted octanol–water partition coefficient (Wildman–Crippen LogP) is 6.06. The maximum atomic E-state index is 11.3. The fraction of sp³-hybridized carbons (Fsp3) is 0.303. The van der Waals surface area contributed by atoms with Crippen LogP contribution in [0.3, 0.4) is 0 Å². The number of carbonyl (C=O) groups is 2. The number of aliphatic carboxylic acids is 1. The first kappa shape index (κ1) is 27.8. The number of carbonyl (C=O) groups excluding carboxylic acids is 1. The largest absolute Gasteiger partial charge is 0.481 e. The van der Waals surface area contributed by atoms with Crippen LogP contribution in [0, 0.1) is 0 Å². The van der Waals surface area contributed by atoms with E-state index < -0.39 is 5.97 Å². The molecule has 1 N–H and O–H groups in total. The van der Waals surface area contributed by atoms with Crippen LogP contribution in [0.5, 0.6) is 0 Å². The molecule has 2 aliphatic rings. The second-order valence-corrected chi connectivity index (χ2v) is 10.8. The third-order valence-electron chi connectivity index (χ3n) is 7.60. The van der Waals surface area contributed by atoms with E-state index in [9.17, 15) is 14.7 Å².